The number of hydrogen-bond acceptors (Lipinski definition) is 6. The van der Waals surface area contributed by atoms with Gasteiger partial charge in [-0.3, -0.25) is 14.4 Å². The molecule has 8 nitrogen and oxygen atoms in total. The summed E-state index contributed by atoms with van der Waals surface area (Å²) in [5, 5.41) is 13.0. The van der Waals surface area contributed by atoms with E-state index in [-0.39, 0.29) is 18.2 Å². The van der Waals surface area contributed by atoms with Crippen molar-refractivity contribution in [2.24, 2.45) is 0 Å². The lowest BCUT2D eigenvalue weighted by molar-refractivity contribution is -0.141. The van der Waals surface area contributed by atoms with E-state index in [0.29, 0.717) is 24.3 Å². The molecule has 3 aromatic rings. The summed E-state index contributed by atoms with van der Waals surface area (Å²) in [6, 6.07) is 12.2. The maximum Gasteiger partial charge on any atom is 0.305 e. The van der Waals surface area contributed by atoms with Crippen LogP contribution in [-0.2, 0) is 22.7 Å². The fourth-order valence-corrected chi connectivity index (χ4v) is 4.66. The van der Waals surface area contributed by atoms with Gasteiger partial charge in [0, 0.05) is 31.9 Å². The standard InChI is InChI=1S/C22H22N4O4S/c1-25-11-14-9-13(7-8-15(14)23-17(22(25)30)10-20(27)28)21(29)26(2)12-19-24-16-5-3-4-6-18(16)31-19/h3-9,17,23H,10-12H2,1-2H3,(H,27,28)/t17-/m0/s1. The van der Waals surface area contributed by atoms with Gasteiger partial charge in [0.15, 0.2) is 0 Å². The van der Waals surface area contributed by atoms with E-state index >= 15 is 0 Å². The third kappa shape index (κ3) is 4.36. The summed E-state index contributed by atoms with van der Waals surface area (Å²) >= 11 is 1.56. The van der Waals surface area contributed by atoms with Crippen LogP contribution >= 0.6 is 11.3 Å². The van der Waals surface area contributed by atoms with Gasteiger partial charge in [0.1, 0.15) is 11.0 Å². The number of thiazole rings is 1. The van der Waals surface area contributed by atoms with E-state index in [9.17, 15) is 14.4 Å². The summed E-state index contributed by atoms with van der Waals surface area (Å²) in [6.07, 6.45) is -0.311. The van der Waals surface area contributed by atoms with E-state index in [1.807, 2.05) is 24.3 Å². The van der Waals surface area contributed by atoms with Crippen molar-refractivity contribution in [1.29, 1.82) is 0 Å². The molecule has 1 aliphatic heterocycles. The number of nitrogens with one attached hydrogen (secondary N) is 1. The first-order chi connectivity index (χ1) is 14.8. The number of carboxylic acids is 1. The Bertz CT molecular complexity index is 1140. The molecule has 0 saturated heterocycles. The Morgan fingerprint density at radius 2 is 2.06 bits per heavy atom. The van der Waals surface area contributed by atoms with Crippen molar-refractivity contribution in [3.63, 3.8) is 0 Å². The number of carboxylic acid groups (broad SMARTS) is 1. The minimum Gasteiger partial charge on any atom is -0.481 e. The fraction of sp³-hybridized carbons (Fsp3) is 0.273. The SMILES string of the molecule is CN(Cc1nc2ccccc2s1)C(=O)c1ccc2c(c1)CN(C)C(=O)[C@H](CC(=O)O)N2. The topological polar surface area (TPSA) is 103 Å². The lowest BCUT2D eigenvalue weighted by Crippen LogP contribution is -2.39. The summed E-state index contributed by atoms with van der Waals surface area (Å²) in [5.41, 5.74) is 2.85. The zero-order valence-electron chi connectivity index (χ0n) is 17.2. The lowest BCUT2D eigenvalue weighted by atomic mass is 10.1. The van der Waals surface area contributed by atoms with E-state index in [1.54, 1.807) is 48.5 Å². The predicted octanol–water partition coefficient (Wildman–Crippen LogP) is 2.80. The number of aromatic nitrogens is 1. The minimum atomic E-state index is -1.05. The number of para-hydroxylation sites is 1. The molecule has 2 heterocycles. The Hall–Kier alpha value is -3.46. The molecular weight excluding hydrogens is 416 g/mol. The van der Waals surface area contributed by atoms with Crippen LogP contribution in [0.3, 0.4) is 0 Å². The monoisotopic (exact) mass is 438 g/mol. The molecule has 1 aliphatic rings. The fourth-order valence-electron chi connectivity index (χ4n) is 3.64. The normalized spacial score (nSPS) is 15.9. The Kier molecular flexibility index (Phi) is 5.60. The molecule has 0 bridgehead atoms. The van der Waals surface area contributed by atoms with E-state index < -0.39 is 12.0 Å². The first-order valence-electron chi connectivity index (χ1n) is 9.78. The summed E-state index contributed by atoms with van der Waals surface area (Å²) in [7, 11) is 3.36. The Morgan fingerprint density at radius 3 is 2.81 bits per heavy atom. The van der Waals surface area contributed by atoms with Crippen molar-refractivity contribution in [2.45, 2.75) is 25.6 Å². The van der Waals surface area contributed by atoms with Gasteiger partial charge in [-0.15, -0.1) is 11.3 Å². The van der Waals surface area contributed by atoms with E-state index in [1.165, 1.54) is 4.90 Å². The van der Waals surface area contributed by atoms with Gasteiger partial charge in [0.05, 0.1) is 23.2 Å². The van der Waals surface area contributed by atoms with Gasteiger partial charge in [0.25, 0.3) is 5.91 Å². The molecule has 0 aliphatic carbocycles. The second-order valence-electron chi connectivity index (χ2n) is 7.60. The summed E-state index contributed by atoms with van der Waals surface area (Å²) in [6.45, 7) is 0.687. The number of likely N-dealkylation sites (N-methyl/N-ethyl adjacent to an activating group) is 1. The molecule has 9 heteroatoms. The quantitative estimate of drug-likeness (QED) is 0.635. The average molecular weight is 439 g/mol. The minimum absolute atomic E-state index is 0.151. The Morgan fingerprint density at radius 1 is 1.29 bits per heavy atom. The number of rotatable bonds is 5. The highest BCUT2D eigenvalue weighted by Gasteiger charge is 2.29. The van der Waals surface area contributed by atoms with Gasteiger partial charge >= 0.3 is 5.97 Å². The van der Waals surface area contributed by atoms with Gasteiger partial charge in [-0.05, 0) is 35.9 Å². The molecule has 2 N–H and O–H groups in total. The summed E-state index contributed by atoms with van der Waals surface area (Å²) in [4.78, 5) is 44.3. The smallest absolute Gasteiger partial charge is 0.305 e. The van der Waals surface area contributed by atoms with E-state index in [0.717, 1.165) is 20.8 Å². The first-order valence-corrected chi connectivity index (χ1v) is 10.6. The number of amides is 2. The number of hydrogen-bond donors (Lipinski definition) is 2. The van der Waals surface area contributed by atoms with E-state index in [4.69, 9.17) is 5.11 Å². The zero-order valence-corrected chi connectivity index (χ0v) is 18.0. The van der Waals surface area contributed by atoms with Crippen molar-refractivity contribution in [1.82, 2.24) is 14.8 Å². The van der Waals surface area contributed by atoms with Crippen LogP contribution in [0.2, 0.25) is 0 Å². The highest BCUT2D eigenvalue weighted by molar-refractivity contribution is 7.18. The molecule has 1 aromatic heterocycles. The van der Waals surface area contributed by atoms with Crippen LogP contribution in [0.1, 0.15) is 27.3 Å². The third-order valence-electron chi connectivity index (χ3n) is 5.20. The maximum absolute atomic E-state index is 13.0. The molecule has 4 rings (SSSR count). The van der Waals surface area contributed by atoms with Crippen molar-refractivity contribution in [2.75, 3.05) is 19.4 Å². The molecule has 0 fully saturated rings. The highest BCUT2D eigenvalue weighted by Crippen LogP contribution is 2.26. The highest BCUT2D eigenvalue weighted by atomic mass is 32.1. The van der Waals surface area contributed by atoms with Crippen molar-refractivity contribution in [3.8, 4) is 0 Å². The number of nitrogens with zero attached hydrogens (tertiary/aromatic N) is 3. The van der Waals surface area contributed by atoms with Gasteiger partial charge in [-0.25, -0.2) is 4.98 Å². The molecular formula is C22H22N4O4S. The number of carbonyl (C=O) groups is 3. The third-order valence-corrected chi connectivity index (χ3v) is 6.22. The summed E-state index contributed by atoms with van der Waals surface area (Å²) in [5.74, 6) is -1.49. The van der Waals surface area contributed by atoms with Crippen LogP contribution in [0.25, 0.3) is 10.2 Å². The van der Waals surface area contributed by atoms with Crippen molar-refractivity contribution < 1.29 is 19.5 Å². The van der Waals surface area contributed by atoms with Crippen molar-refractivity contribution in [3.05, 3.63) is 58.6 Å². The molecule has 2 amide bonds. The molecule has 160 valence electrons. The van der Waals surface area contributed by atoms with Crippen LogP contribution in [0, 0.1) is 0 Å². The number of anilines is 1. The molecule has 0 saturated carbocycles. The molecule has 0 radical (unpaired) electrons. The van der Waals surface area contributed by atoms with Crippen molar-refractivity contribution >= 4 is 45.0 Å². The number of aliphatic carboxylic acids is 1. The molecule has 0 unspecified atom stereocenters. The Balaban J connectivity index is 1.53. The number of benzene rings is 2. The van der Waals surface area contributed by atoms with Crippen LogP contribution in [0.15, 0.2) is 42.5 Å². The lowest BCUT2D eigenvalue weighted by Gasteiger charge is -2.19. The van der Waals surface area contributed by atoms with Crippen LogP contribution in [-0.4, -0.2) is 57.8 Å². The second-order valence-corrected chi connectivity index (χ2v) is 8.71. The number of carbonyl (C=O) groups excluding carboxylic acids is 2. The first kappa shape index (κ1) is 20.8. The van der Waals surface area contributed by atoms with Gasteiger partial charge in [0.2, 0.25) is 5.91 Å². The molecule has 2 aromatic carbocycles. The number of fused-ring (bicyclic) bond motifs is 2. The average Bonchev–Trinajstić information content (AvgIpc) is 3.10. The largest absolute Gasteiger partial charge is 0.481 e. The maximum atomic E-state index is 13.0. The van der Waals surface area contributed by atoms with Gasteiger partial charge in [-0.2, -0.15) is 0 Å². The van der Waals surface area contributed by atoms with E-state index in [2.05, 4.69) is 10.3 Å². The molecule has 31 heavy (non-hydrogen) atoms. The molecule has 1 atom stereocenters. The second kappa shape index (κ2) is 8.35. The van der Waals surface area contributed by atoms with Crippen LogP contribution < -0.4 is 5.32 Å². The predicted molar refractivity (Wildman–Crippen MR) is 118 cm³/mol. The van der Waals surface area contributed by atoms with Gasteiger partial charge in [-0.1, -0.05) is 12.1 Å². The van der Waals surface area contributed by atoms with Crippen LogP contribution in [0.5, 0.6) is 0 Å². The Labute approximate surface area is 183 Å². The van der Waals surface area contributed by atoms with Gasteiger partial charge < -0.3 is 20.2 Å². The summed E-state index contributed by atoms with van der Waals surface area (Å²) < 4.78 is 1.08. The van der Waals surface area contributed by atoms with Crippen LogP contribution in [0.4, 0.5) is 5.69 Å². The zero-order chi connectivity index (χ0) is 22.1. The molecule has 0 spiro atoms.